The average molecular weight is 223 g/mol. The molecule has 0 radical (unpaired) electrons. The van der Waals surface area contributed by atoms with Gasteiger partial charge in [-0.05, 0) is 26.3 Å². The third kappa shape index (κ3) is 2.04. The van der Waals surface area contributed by atoms with Gasteiger partial charge in [-0.15, -0.1) is 0 Å². The lowest BCUT2D eigenvalue weighted by atomic mass is 9.98. The minimum Gasteiger partial charge on any atom is -0.360 e. The van der Waals surface area contributed by atoms with E-state index in [2.05, 4.69) is 11.4 Å². The molecule has 0 aliphatic carbocycles. The van der Waals surface area contributed by atoms with E-state index in [1.165, 1.54) is 0 Å². The summed E-state index contributed by atoms with van der Waals surface area (Å²) in [5.41, 5.74) is -0.433. The van der Waals surface area contributed by atoms with Crippen molar-refractivity contribution < 1.29 is 9.53 Å². The van der Waals surface area contributed by atoms with E-state index in [4.69, 9.17) is 10.00 Å². The second-order valence-corrected chi connectivity index (χ2v) is 4.60. The Bertz CT molecular complexity index is 318. The van der Waals surface area contributed by atoms with Gasteiger partial charge in [-0.25, -0.2) is 0 Å². The van der Waals surface area contributed by atoms with Crippen LogP contribution >= 0.6 is 0 Å². The summed E-state index contributed by atoms with van der Waals surface area (Å²) in [6.07, 6.45) is 1.44. The summed E-state index contributed by atoms with van der Waals surface area (Å²) in [6.45, 7) is 4.29. The second-order valence-electron chi connectivity index (χ2n) is 4.60. The number of carbonyl (C=O) groups excluding carboxylic acids is 1. The minimum atomic E-state index is -0.470. The van der Waals surface area contributed by atoms with Gasteiger partial charge >= 0.3 is 0 Å². The number of hydrogen-bond donors (Lipinski definition) is 1. The highest BCUT2D eigenvalue weighted by Gasteiger charge is 2.40. The topological polar surface area (TPSA) is 65.4 Å². The third-order valence-electron chi connectivity index (χ3n) is 3.34. The van der Waals surface area contributed by atoms with Crippen molar-refractivity contribution >= 4 is 5.91 Å². The Morgan fingerprint density at radius 3 is 3.12 bits per heavy atom. The van der Waals surface area contributed by atoms with E-state index in [9.17, 15) is 4.79 Å². The number of nitriles is 1. The van der Waals surface area contributed by atoms with E-state index in [1.54, 1.807) is 4.90 Å². The molecule has 1 N–H and O–H groups in total. The fourth-order valence-electron chi connectivity index (χ4n) is 2.34. The number of rotatable bonds is 1. The molecule has 2 aliphatic rings. The molecule has 0 aromatic carbocycles. The van der Waals surface area contributed by atoms with Crippen molar-refractivity contribution in [1.82, 2.24) is 10.2 Å². The lowest BCUT2D eigenvalue weighted by molar-refractivity contribution is -0.143. The molecule has 16 heavy (non-hydrogen) atoms. The normalized spacial score (nSPS) is 34.8. The number of amides is 1. The average Bonchev–Trinajstić information content (AvgIpc) is 2.76. The molecule has 2 heterocycles. The van der Waals surface area contributed by atoms with Crippen LogP contribution < -0.4 is 5.32 Å². The van der Waals surface area contributed by atoms with Crippen LogP contribution in [0, 0.1) is 11.3 Å². The zero-order valence-corrected chi connectivity index (χ0v) is 9.53. The van der Waals surface area contributed by atoms with E-state index in [0.717, 1.165) is 19.4 Å². The maximum absolute atomic E-state index is 12.3. The summed E-state index contributed by atoms with van der Waals surface area (Å²) in [5.74, 6) is 0.105. The monoisotopic (exact) mass is 223 g/mol. The lowest BCUT2D eigenvalue weighted by Crippen LogP contribution is -2.56. The van der Waals surface area contributed by atoms with Gasteiger partial charge in [-0.3, -0.25) is 4.79 Å². The predicted octanol–water partition coefficient (Wildman–Crippen LogP) is -0.121. The molecule has 2 atom stereocenters. The highest BCUT2D eigenvalue weighted by molar-refractivity contribution is 5.86. The highest BCUT2D eigenvalue weighted by Crippen LogP contribution is 2.22. The van der Waals surface area contributed by atoms with Crippen molar-refractivity contribution in [3.05, 3.63) is 0 Å². The SMILES string of the molecule is CC1(C(=O)N2CCOC(C#N)C2)CCCN1. The lowest BCUT2D eigenvalue weighted by Gasteiger charge is -2.35. The molecule has 2 saturated heterocycles. The Morgan fingerprint density at radius 1 is 1.69 bits per heavy atom. The van der Waals surface area contributed by atoms with Crippen molar-refractivity contribution in [3.8, 4) is 6.07 Å². The van der Waals surface area contributed by atoms with Crippen LogP contribution in [0.3, 0.4) is 0 Å². The van der Waals surface area contributed by atoms with E-state index in [0.29, 0.717) is 19.7 Å². The summed E-state index contributed by atoms with van der Waals surface area (Å²) in [5, 5.41) is 12.0. The fourth-order valence-corrected chi connectivity index (χ4v) is 2.34. The maximum atomic E-state index is 12.3. The molecule has 0 spiro atoms. The van der Waals surface area contributed by atoms with Crippen molar-refractivity contribution in [3.63, 3.8) is 0 Å². The molecule has 0 bridgehead atoms. The standard InChI is InChI=1S/C11H17N3O2/c1-11(3-2-4-13-11)10(15)14-5-6-16-9(7-12)8-14/h9,13H,2-6,8H2,1H3. The number of morpholine rings is 1. The summed E-state index contributed by atoms with van der Waals surface area (Å²) in [6, 6.07) is 2.06. The van der Waals surface area contributed by atoms with Crippen LogP contribution in [0.2, 0.25) is 0 Å². The number of carbonyl (C=O) groups is 1. The van der Waals surface area contributed by atoms with Gasteiger partial charge in [0, 0.05) is 6.54 Å². The van der Waals surface area contributed by atoms with Crippen molar-refractivity contribution in [2.24, 2.45) is 0 Å². The smallest absolute Gasteiger partial charge is 0.242 e. The summed E-state index contributed by atoms with van der Waals surface area (Å²) >= 11 is 0. The first-order valence-corrected chi connectivity index (χ1v) is 5.71. The zero-order valence-electron chi connectivity index (χ0n) is 9.53. The summed E-state index contributed by atoms with van der Waals surface area (Å²) < 4.78 is 5.23. The first-order chi connectivity index (χ1) is 7.65. The molecule has 0 saturated carbocycles. The number of nitrogens with zero attached hydrogens (tertiary/aromatic N) is 2. The minimum absolute atomic E-state index is 0.105. The Hall–Kier alpha value is -1.12. The van der Waals surface area contributed by atoms with Crippen LogP contribution in [-0.4, -0.2) is 48.7 Å². The van der Waals surface area contributed by atoms with Crippen LogP contribution in [0.15, 0.2) is 0 Å². The van der Waals surface area contributed by atoms with Gasteiger partial charge in [0.2, 0.25) is 5.91 Å². The zero-order chi connectivity index (χ0) is 11.6. The van der Waals surface area contributed by atoms with Crippen molar-refractivity contribution in [2.75, 3.05) is 26.2 Å². The van der Waals surface area contributed by atoms with Crippen LogP contribution in [0.25, 0.3) is 0 Å². The predicted molar refractivity (Wildman–Crippen MR) is 57.6 cm³/mol. The van der Waals surface area contributed by atoms with Crippen LogP contribution in [0.5, 0.6) is 0 Å². The molecule has 1 amide bonds. The molecule has 2 unspecified atom stereocenters. The Morgan fingerprint density at radius 2 is 2.50 bits per heavy atom. The molecule has 2 fully saturated rings. The molecule has 5 nitrogen and oxygen atoms in total. The second kappa shape index (κ2) is 4.40. The Kier molecular flexibility index (Phi) is 3.13. The van der Waals surface area contributed by atoms with Gasteiger partial charge in [0.05, 0.1) is 24.8 Å². The molecule has 2 rings (SSSR count). The Balaban J connectivity index is 2.01. The number of nitrogens with one attached hydrogen (secondary N) is 1. The van der Waals surface area contributed by atoms with E-state index < -0.39 is 11.6 Å². The first kappa shape index (κ1) is 11.4. The van der Waals surface area contributed by atoms with Crippen molar-refractivity contribution in [1.29, 1.82) is 5.26 Å². The van der Waals surface area contributed by atoms with Gasteiger partial charge in [0.1, 0.15) is 0 Å². The number of hydrogen-bond acceptors (Lipinski definition) is 4. The van der Waals surface area contributed by atoms with Crippen molar-refractivity contribution in [2.45, 2.75) is 31.4 Å². The summed E-state index contributed by atoms with van der Waals surface area (Å²) in [7, 11) is 0. The van der Waals surface area contributed by atoms with Gasteiger partial charge in [0.25, 0.3) is 0 Å². The largest absolute Gasteiger partial charge is 0.360 e. The molecule has 0 aromatic heterocycles. The van der Waals surface area contributed by atoms with Crippen LogP contribution in [0.4, 0.5) is 0 Å². The van der Waals surface area contributed by atoms with E-state index >= 15 is 0 Å². The van der Waals surface area contributed by atoms with Gasteiger partial charge in [0.15, 0.2) is 6.10 Å². The fraction of sp³-hybridized carbons (Fsp3) is 0.818. The Labute approximate surface area is 95.4 Å². The van der Waals surface area contributed by atoms with E-state index in [1.807, 2.05) is 6.92 Å². The van der Waals surface area contributed by atoms with Gasteiger partial charge < -0.3 is 15.0 Å². The molecule has 88 valence electrons. The van der Waals surface area contributed by atoms with Crippen LogP contribution in [0.1, 0.15) is 19.8 Å². The molecule has 0 aromatic rings. The third-order valence-corrected chi connectivity index (χ3v) is 3.34. The first-order valence-electron chi connectivity index (χ1n) is 5.71. The summed E-state index contributed by atoms with van der Waals surface area (Å²) in [4.78, 5) is 14.0. The van der Waals surface area contributed by atoms with Gasteiger partial charge in [-0.1, -0.05) is 0 Å². The molecule has 5 heteroatoms. The maximum Gasteiger partial charge on any atom is 0.242 e. The van der Waals surface area contributed by atoms with Crippen LogP contribution in [-0.2, 0) is 9.53 Å². The quantitative estimate of drug-likeness (QED) is 0.673. The van der Waals surface area contributed by atoms with E-state index in [-0.39, 0.29) is 5.91 Å². The highest BCUT2D eigenvalue weighted by atomic mass is 16.5. The van der Waals surface area contributed by atoms with Gasteiger partial charge in [-0.2, -0.15) is 5.26 Å². The molecule has 2 aliphatic heterocycles. The molecular weight excluding hydrogens is 206 g/mol. The number of ether oxygens (including phenoxy) is 1. The molecular formula is C11H17N3O2.